The minimum Gasteiger partial charge on any atom is -0.390 e. The molecule has 24 nitrogen and oxygen atoms in total. The Labute approximate surface area is 569 Å². The van der Waals surface area contributed by atoms with Crippen LogP contribution in [0.25, 0.3) is 0 Å². The molecule has 94 heavy (non-hydrogen) atoms. The molecule has 14 atom stereocenters. The van der Waals surface area contributed by atoms with E-state index in [0.717, 1.165) is 18.0 Å². The van der Waals surface area contributed by atoms with Gasteiger partial charge in [0.25, 0.3) is 5.91 Å². The van der Waals surface area contributed by atoms with Crippen molar-refractivity contribution in [1.82, 2.24) is 60.5 Å². The molecule has 0 bridgehead atoms. The molecule has 0 saturated carbocycles. The molecule has 0 aromatic carbocycles. The number of allylic oxidation sites excluding steroid dienone is 2. The van der Waals surface area contributed by atoms with Crippen LogP contribution in [-0.4, -0.2) is 256 Å². The van der Waals surface area contributed by atoms with Crippen molar-refractivity contribution in [2.24, 2.45) is 41.4 Å². The Bertz CT molecular complexity index is 2530. The fraction of sp³-hybridized carbons (Fsp3) is 0.812. The maximum Gasteiger partial charge on any atom is 0.256 e. The highest BCUT2D eigenvalue weighted by atomic mass is 32.2. The lowest BCUT2D eigenvalue weighted by Crippen LogP contribution is -2.64. The monoisotopic (exact) mass is 1350 g/mol. The number of aliphatic hydroxyl groups is 1. The minimum absolute atomic E-state index is 0.00786. The lowest BCUT2D eigenvalue weighted by atomic mass is 9.91. The molecule has 1 rings (SSSR count). The number of carbonyl (C=O) groups is 11. The standard InChI is InChI=1S/C69H126N12O12S/c1-27-32-34-46(17)57(82)56-61(86)72-49(29-3)63(88)80(26)69(94-36-33-35-81(30-4)31-5)68(93)78(24)55(45(16)28-2)60(85)73-53(43(12)13)66(91)74(20)50(37-40(6)7)59(84)70-47(18)58(83)71-48(19)62(87)75(21)51(38-41(8)9)64(89)76(22)52(39-42(10)11)65(90)77(23)54(44(14)15)67(92)79(56)25/h27,32,40-57,69,82H,28-31,33-39H2,1-26H3,(H,70,84)(H,71,83)(H,72,86)(H,73,85)/b32-27+/t45?,46-,47+,48-,49+,50+,51+,52+,53+,54+,55+,56+,57-,69-/m1/s1. The summed E-state index contributed by atoms with van der Waals surface area (Å²) >= 11 is 1.21. The van der Waals surface area contributed by atoms with Crippen LogP contribution in [-0.2, 0) is 52.7 Å². The number of rotatable bonds is 22. The van der Waals surface area contributed by atoms with E-state index < -0.39 is 161 Å². The number of aliphatic hydroxyl groups excluding tert-OH is 1. The number of hydrogen-bond acceptors (Lipinski definition) is 14. The third kappa shape index (κ3) is 24.1. The van der Waals surface area contributed by atoms with E-state index in [0.29, 0.717) is 31.6 Å². The average molecular weight is 1350 g/mol. The number of hydrogen-bond donors (Lipinski definition) is 5. The minimum atomic E-state index is -1.63. The highest BCUT2D eigenvalue weighted by molar-refractivity contribution is 8.00. The maximum absolute atomic E-state index is 15.4. The van der Waals surface area contributed by atoms with Gasteiger partial charge in [0.05, 0.1) is 6.10 Å². The molecule has 1 fully saturated rings. The first-order chi connectivity index (χ1) is 43.7. The van der Waals surface area contributed by atoms with Gasteiger partial charge in [-0.3, -0.25) is 52.7 Å². The molecule has 1 aliphatic rings. The van der Waals surface area contributed by atoms with E-state index in [1.54, 1.807) is 54.5 Å². The van der Waals surface area contributed by atoms with E-state index in [2.05, 4.69) is 40.0 Å². The fourth-order valence-electron chi connectivity index (χ4n) is 12.0. The quantitative estimate of drug-likeness (QED) is 0.0700. The van der Waals surface area contributed by atoms with Crippen LogP contribution < -0.4 is 21.3 Å². The average Bonchev–Trinajstić information content (AvgIpc) is 0.823. The molecule has 0 radical (unpaired) electrons. The van der Waals surface area contributed by atoms with E-state index in [9.17, 15) is 24.3 Å². The van der Waals surface area contributed by atoms with Crippen LogP contribution in [0.3, 0.4) is 0 Å². The third-order valence-electron chi connectivity index (χ3n) is 18.4. The second kappa shape index (κ2) is 40.7. The van der Waals surface area contributed by atoms with Crippen LogP contribution in [0.4, 0.5) is 0 Å². The Hall–Kier alpha value is -5.82. The lowest BCUT2D eigenvalue weighted by molar-refractivity contribution is -0.157. The maximum atomic E-state index is 15.4. The summed E-state index contributed by atoms with van der Waals surface area (Å²) in [4.78, 5) is 175. The zero-order chi connectivity index (χ0) is 72.7. The zero-order valence-corrected chi connectivity index (χ0v) is 63.1. The molecule has 1 unspecified atom stereocenters. The molecule has 1 aliphatic heterocycles. The third-order valence-corrected chi connectivity index (χ3v) is 19.7. The Morgan fingerprint density at radius 1 is 0.489 bits per heavy atom. The van der Waals surface area contributed by atoms with Gasteiger partial charge in [-0.05, 0) is 126 Å². The molecule has 11 amide bonds. The molecule has 25 heteroatoms. The van der Waals surface area contributed by atoms with Crippen molar-refractivity contribution in [3.63, 3.8) is 0 Å². The van der Waals surface area contributed by atoms with Gasteiger partial charge in [0.15, 0.2) is 5.37 Å². The van der Waals surface area contributed by atoms with Gasteiger partial charge < -0.3 is 65.6 Å². The fourth-order valence-corrected chi connectivity index (χ4v) is 13.2. The number of likely N-dealkylation sites (N-methyl/N-ethyl adjacent to an activating group) is 7. The number of carbonyl (C=O) groups excluding carboxylic acids is 11. The molecule has 1 saturated heterocycles. The van der Waals surface area contributed by atoms with Crippen molar-refractivity contribution in [3.05, 3.63) is 12.2 Å². The molecule has 0 aliphatic carbocycles. The molecule has 0 aromatic heterocycles. The van der Waals surface area contributed by atoms with Crippen molar-refractivity contribution in [2.45, 2.75) is 248 Å². The normalized spacial score (nSPS) is 26.6. The van der Waals surface area contributed by atoms with Crippen molar-refractivity contribution in [2.75, 3.05) is 74.7 Å². The van der Waals surface area contributed by atoms with Crippen molar-refractivity contribution < 1.29 is 57.8 Å². The lowest BCUT2D eigenvalue weighted by Gasteiger charge is -2.41. The summed E-state index contributed by atoms with van der Waals surface area (Å²) in [6.07, 6.45) is 3.90. The van der Waals surface area contributed by atoms with Gasteiger partial charge in [-0.1, -0.05) is 129 Å². The summed E-state index contributed by atoms with van der Waals surface area (Å²) in [6.45, 7) is 36.4. The first kappa shape index (κ1) is 86.2. The smallest absolute Gasteiger partial charge is 0.256 e. The summed E-state index contributed by atoms with van der Waals surface area (Å²) in [7, 11) is 10.1. The van der Waals surface area contributed by atoms with Crippen LogP contribution in [0.1, 0.15) is 176 Å². The van der Waals surface area contributed by atoms with Crippen molar-refractivity contribution in [3.8, 4) is 0 Å². The van der Waals surface area contributed by atoms with E-state index in [-0.39, 0.29) is 43.4 Å². The largest absolute Gasteiger partial charge is 0.390 e. The van der Waals surface area contributed by atoms with Gasteiger partial charge >= 0.3 is 0 Å². The zero-order valence-electron chi connectivity index (χ0n) is 62.3. The van der Waals surface area contributed by atoms with Gasteiger partial charge in [-0.25, -0.2) is 0 Å². The molecule has 540 valence electrons. The summed E-state index contributed by atoms with van der Waals surface area (Å²) in [5, 5.41) is 22.3. The number of amides is 11. The molecular weight excluding hydrogens is 1220 g/mol. The van der Waals surface area contributed by atoms with Gasteiger partial charge in [-0.2, -0.15) is 0 Å². The number of nitrogens with zero attached hydrogens (tertiary/aromatic N) is 8. The van der Waals surface area contributed by atoms with E-state index in [1.807, 2.05) is 61.5 Å². The molecular formula is C69H126N12O12S. The van der Waals surface area contributed by atoms with Crippen LogP contribution in [0.2, 0.25) is 0 Å². The Morgan fingerprint density at radius 3 is 1.41 bits per heavy atom. The second-order valence-corrected chi connectivity index (χ2v) is 29.3. The molecule has 1 heterocycles. The summed E-state index contributed by atoms with van der Waals surface area (Å²) < 4.78 is 0. The predicted octanol–water partition coefficient (Wildman–Crippen LogP) is 5.06. The van der Waals surface area contributed by atoms with Gasteiger partial charge in [-0.15, -0.1) is 11.8 Å². The van der Waals surface area contributed by atoms with Crippen LogP contribution in [0.5, 0.6) is 0 Å². The predicted molar refractivity (Wildman–Crippen MR) is 372 cm³/mol. The molecule has 0 aromatic rings. The summed E-state index contributed by atoms with van der Waals surface area (Å²) in [5.41, 5.74) is 0. The Morgan fingerprint density at radius 2 is 0.947 bits per heavy atom. The highest BCUT2D eigenvalue weighted by Gasteiger charge is 2.47. The Kier molecular flexibility index (Phi) is 37.3. The summed E-state index contributed by atoms with van der Waals surface area (Å²) in [6, 6.07) is -12.5. The Balaban J connectivity index is 4.56. The van der Waals surface area contributed by atoms with Gasteiger partial charge in [0.2, 0.25) is 59.1 Å². The topological polar surface area (TPSA) is 282 Å². The van der Waals surface area contributed by atoms with Crippen LogP contribution >= 0.6 is 11.8 Å². The van der Waals surface area contributed by atoms with Crippen molar-refractivity contribution >= 4 is 76.7 Å². The SMILES string of the molecule is C/C=C/C[C@@H](C)[C@@H](O)[C@H]1C(=O)N[C@@H](CC)C(=O)N(C)[C@H](SCCCN(CC)CC)C(=O)N(C)[C@@H](C(C)CC)C(=O)N[C@@H](C(C)C)C(=O)N(C)[C@@H](CC(C)C)C(=O)N[C@@H](C)C(=O)N[C@H](C)C(=O)N(C)[C@@H](CC(C)C)C(=O)N(C)[C@@H](CC(C)C)C(=O)N(C)[C@@H](C(C)C)C(=O)N1C. The number of nitrogens with one attached hydrogen (secondary N) is 4. The van der Waals surface area contributed by atoms with Crippen LogP contribution in [0.15, 0.2) is 12.2 Å². The highest BCUT2D eigenvalue weighted by Crippen LogP contribution is 2.28. The summed E-state index contributed by atoms with van der Waals surface area (Å²) in [5.74, 6) is -9.68. The van der Waals surface area contributed by atoms with Crippen LogP contribution in [0, 0.1) is 41.4 Å². The van der Waals surface area contributed by atoms with Gasteiger partial charge in [0, 0.05) is 49.3 Å². The van der Waals surface area contributed by atoms with E-state index in [1.165, 1.54) is 104 Å². The molecule has 0 spiro atoms. The number of thioether (sulfide) groups is 1. The first-order valence-corrected chi connectivity index (χ1v) is 35.4. The molecule has 5 N–H and O–H groups in total. The van der Waals surface area contributed by atoms with E-state index >= 15 is 33.6 Å². The van der Waals surface area contributed by atoms with E-state index in [4.69, 9.17) is 0 Å². The van der Waals surface area contributed by atoms with Gasteiger partial charge in [0.1, 0.15) is 60.4 Å². The first-order valence-electron chi connectivity index (χ1n) is 34.4. The van der Waals surface area contributed by atoms with Crippen molar-refractivity contribution in [1.29, 1.82) is 0 Å². The second-order valence-electron chi connectivity index (χ2n) is 28.1.